The minimum Gasteiger partial charge on any atom is -0.497 e. The molecule has 0 unspecified atom stereocenters. The van der Waals surface area contributed by atoms with Crippen LogP contribution in [0, 0.1) is 0 Å². The molecule has 0 atom stereocenters. The lowest BCUT2D eigenvalue weighted by Gasteiger charge is -2.12. The van der Waals surface area contributed by atoms with E-state index in [9.17, 15) is 14.4 Å². The van der Waals surface area contributed by atoms with E-state index in [2.05, 4.69) is 10.6 Å². The van der Waals surface area contributed by atoms with Crippen molar-refractivity contribution in [2.75, 3.05) is 31.5 Å². The van der Waals surface area contributed by atoms with Crippen molar-refractivity contribution in [2.24, 2.45) is 0 Å². The highest BCUT2D eigenvalue weighted by Crippen LogP contribution is 2.30. The van der Waals surface area contributed by atoms with Crippen LogP contribution in [0.2, 0.25) is 5.02 Å². The smallest absolute Gasteiger partial charge is 0.306 e. The molecule has 3 aromatic carbocycles. The number of benzene rings is 3. The second kappa shape index (κ2) is 13.0. The van der Waals surface area contributed by atoms with Gasteiger partial charge in [-0.2, -0.15) is 0 Å². The third-order valence-corrected chi connectivity index (χ3v) is 5.12. The van der Waals surface area contributed by atoms with Gasteiger partial charge < -0.3 is 29.6 Å². The minimum atomic E-state index is -0.675. The summed E-state index contributed by atoms with van der Waals surface area (Å²) in [5.74, 6) is 0.437. The Morgan fingerprint density at radius 2 is 1.50 bits per heavy atom. The number of amides is 2. The summed E-state index contributed by atoms with van der Waals surface area (Å²) in [5, 5.41) is 5.77. The molecule has 0 aliphatic carbocycles. The summed E-state index contributed by atoms with van der Waals surface area (Å²) in [5.41, 5.74) is 0.940. The van der Waals surface area contributed by atoms with Crippen LogP contribution in [0.15, 0.2) is 66.7 Å². The van der Waals surface area contributed by atoms with E-state index >= 15 is 0 Å². The van der Waals surface area contributed by atoms with E-state index in [1.54, 1.807) is 60.7 Å². The Morgan fingerprint density at radius 1 is 0.778 bits per heavy atom. The molecule has 0 aliphatic heterocycles. The van der Waals surface area contributed by atoms with Gasteiger partial charge in [-0.1, -0.05) is 23.7 Å². The van der Waals surface area contributed by atoms with Crippen LogP contribution in [0.4, 0.5) is 11.4 Å². The van der Waals surface area contributed by atoms with Crippen LogP contribution in [0.25, 0.3) is 0 Å². The number of carbonyl (C=O) groups is 3. The maximum absolute atomic E-state index is 12.2. The van der Waals surface area contributed by atoms with Gasteiger partial charge in [0.15, 0.2) is 6.61 Å². The summed E-state index contributed by atoms with van der Waals surface area (Å²) in [7, 11) is 2.97. The second-order valence-electron chi connectivity index (χ2n) is 7.38. The van der Waals surface area contributed by atoms with Crippen molar-refractivity contribution in [3.8, 4) is 23.0 Å². The Labute approximate surface area is 213 Å². The molecule has 0 fully saturated rings. The van der Waals surface area contributed by atoms with Crippen molar-refractivity contribution in [1.82, 2.24) is 0 Å². The van der Waals surface area contributed by atoms with Crippen LogP contribution in [0.3, 0.4) is 0 Å². The van der Waals surface area contributed by atoms with Crippen molar-refractivity contribution >= 4 is 40.8 Å². The first kappa shape index (κ1) is 26.4. The fourth-order valence-electron chi connectivity index (χ4n) is 3.01. The quantitative estimate of drug-likeness (QED) is 0.346. The van der Waals surface area contributed by atoms with E-state index in [0.29, 0.717) is 39.4 Å². The summed E-state index contributed by atoms with van der Waals surface area (Å²) < 4.78 is 21.0. The Kier molecular flexibility index (Phi) is 9.53. The van der Waals surface area contributed by atoms with E-state index in [4.69, 9.17) is 30.5 Å². The maximum atomic E-state index is 12.2. The summed E-state index contributed by atoms with van der Waals surface area (Å²) in [4.78, 5) is 36.2. The molecule has 2 amide bonds. The summed E-state index contributed by atoms with van der Waals surface area (Å²) in [6.07, 6.45) is -0.288. The van der Waals surface area contributed by atoms with Gasteiger partial charge in [0.1, 0.15) is 23.0 Å². The highest BCUT2D eigenvalue weighted by atomic mass is 35.5. The molecule has 3 aromatic rings. The van der Waals surface area contributed by atoms with E-state index in [-0.39, 0.29) is 18.7 Å². The summed E-state index contributed by atoms with van der Waals surface area (Å²) in [6.45, 7) is -0.497. The van der Waals surface area contributed by atoms with Gasteiger partial charge in [-0.15, -0.1) is 0 Å². The normalized spacial score (nSPS) is 10.2. The first-order valence-electron chi connectivity index (χ1n) is 10.9. The molecule has 10 heteroatoms. The second-order valence-corrected chi connectivity index (χ2v) is 7.79. The Bertz CT molecular complexity index is 1220. The highest BCUT2D eigenvalue weighted by molar-refractivity contribution is 6.32. The molecule has 2 N–H and O–H groups in total. The van der Waals surface area contributed by atoms with Gasteiger partial charge in [0.25, 0.3) is 5.91 Å². The highest BCUT2D eigenvalue weighted by Gasteiger charge is 2.13. The molecule has 3 rings (SSSR count). The Hall–Kier alpha value is -4.24. The van der Waals surface area contributed by atoms with E-state index in [1.807, 2.05) is 6.07 Å². The molecule has 0 heterocycles. The van der Waals surface area contributed by atoms with Crippen LogP contribution in [0.1, 0.15) is 12.8 Å². The fourth-order valence-corrected chi connectivity index (χ4v) is 3.18. The molecular formula is C26H25ClN2O7. The van der Waals surface area contributed by atoms with E-state index in [1.165, 1.54) is 14.2 Å². The first-order chi connectivity index (χ1) is 17.4. The number of anilines is 2. The number of hydrogen-bond acceptors (Lipinski definition) is 7. The van der Waals surface area contributed by atoms with Crippen LogP contribution < -0.4 is 24.8 Å². The van der Waals surface area contributed by atoms with Gasteiger partial charge in [0.05, 0.1) is 31.4 Å². The average Bonchev–Trinajstić information content (AvgIpc) is 2.89. The lowest BCUT2D eigenvalue weighted by atomic mass is 10.2. The predicted molar refractivity (Wildman–Crippen MR) is 135 cm³/mol. The number of rotatable bonds is 11. The van der Waals surface area contributed by atoms with Gasteiger partial charge in [0, 0.05) is 18.2 Å². The lowest BCUT2D eigenvalue weighted by molar-refractivity contribution is -0.147. The number of halogens is 1. The molecule has 0 saturated heterocycles. The Morgan fingerprint density at radius 3 is 2.19 bits per heavy atom. The topological polar surface area (TPSA) is 112 Å². The molecule has 188 valence electrons. The average molecular weight is 513 g/mol. The number of para-hydroxylation sites is 1. The van der Waals surface area contributed by atoms with Gasteiger partial charge in [-0.25, -0.2) is 0 Å². The molecule has 0 aliphatic rings. The number of methoxy groups -OCH3 is 2. The van der Waals surface area contributed by atoms with E-state index < -0.39 is 18.5 Å². The lowest BCUT2D eigenvalue weighted by Crippen LogP contribution is -2.22. The molecule has 0 spiro atoms. The third-order valence-electron chi connectivity index (χ3n) is 4.81. The molecule has 0 bridgehead atoms. The van der Waals surface area contributed by atoms with Crippen molar-refractivity contribution < 1.29 is 33.3 Å². The monoisotopic (exact) mass is 512 g/mol. The summed E-state index contributed by atoms with van der Waals surface area (Å²) >= 11 is 6.08. The number of nitrogens with one attached hydrogen (secondary N) is 2. The van der Waals surface area contributed by atoms with Gasteiger partial charge in [-0.05, 0) is 48.5 Å². The van der Waals surface area contributed by atoms with Crippen molar-refractivity contribution in [3.05, 3.63) is 71.8 Å². The van der Waals surface area contributed by atoms with Crippen molar-refractivity contribution in [3.63, 3.8) is 0 Å². The zero-order chi connectivity index (χ0) is 25.9. The van der Waals surface area contributed by atoms with Crippen LogP contribution in [-0.4, -0.2) is 38.6 Å². The van der Waals surface area contributed by atoms with Crippen LogP contribution in [-0.2, 0) is 19.1 Å². The largest absolute Gasteiger partial charge is 0.497 e. The van der Waals surface area contributed by atoms with Crippen LogP contribution in [0.5, 0.6) is 23.0 Å². The van der Waals surface area contributed by atoms with Crippen molar-refractivity contribution in [1.29, 1.82) is 0 Å². The number of esters is 1. The molecular weight excluding hydrogens is 488 g/mol. The van der Waals surface area contributed by atoms with E-state index in [0.717, 1.165) is 0 Å². The maximum Gasteiger partial charge on any atom is 0.306 e. The Balaban J connectivity index is 1.39. The van der Waals surface area contributed by atoms with Gasteiger partial charge in [-0.3, -0.25) is 14.4 Å². The first-order valence-corrected chi connectivity index (χ1v) is 11.3. The standard InChI is InChI=1S/C26H25ClN2O7/c1-33-19-11-12-21(23(15-19)34-2)29-25(31)16-35-26(32)14-13-24(30)28-17-7-9-18(10-8-17)36-22-6-4-3-5-20(22)27/h3-12,15H,13-14,16H2,1-2H3,(H,28,30)(H,29,31). The molecule has 0 radical (unpaired) electrons. The van der Waals surface area contributed by atoms with Gasteiger partial charge >= 0.3 is 5.97 Å². The molecule has 36 heavy (non-hydrogen) atoms. The predicted octanol–water partition coefficient (Wildman–Crippen LogP) is 5.05. The third kappa shape index (κ3) is 7.92. The SMILES string of the molecule is COc1ccc(NC(=O)COC(=O)CCC(=O)Nc2ccc(Oc3ccccc3Cl)cc2)c(OC)c1. The number of ether oxygens (including phenoxy) is 4. The fraction of sp³-hybridized carbons (Fsp3) is 0.192. The molecule has 0 saturated carbocycles. The number of carbonyl (C=O) groups excluding carboxylic acids is 3. The number of hydrogen-bond donors (Lipinski definition) is 2. The molecule has 9 nitrogen and oxygen atoms in total. The molecule has 0 aromatic heterocycles. The van der Waals surface area contributed by atoms with Crippen molar-refractivity contribution in [2.45, 2.75) is 12.8 Å². The zero-order valence-corrected chi connectivity index (χ0v) is 20.5. The zero-order valence-electron chi connectivity index (χ0n) is 19.7. The summed E-state index contributed by atoms with van der Waals surface area (Å²) in [6, 6.07) is 18.7. The minimum absolute atomic E-state index is 0.107. The van der Waals surface area contributed by atoms with Gasteiger partial charge in [0.2, 0.25) is 5.91 Å². The van der Waals surface area contributed by atoms with Crippen LogP contribution >= 0.6 is 11.6 Å².